The number of nitrogen functional groups attached to an aromatic ring is 1. The Kier molecular flexibility index (Phi) is 4.71. The van der Waals surface area contributed by atoms with Crippen molar-refractivity contribution in [3.8, 4) is 0 Å². The maximum atomic E-state index is 13.6. The van der Waals surface area contributed by atoms with Gasteiger partial charge < -0.3 is 5.73 Å². The van der Waals surface area contributed by atoms with Gasteiger partial charge >= 0.3 is 0 Å². The summed E-state index contributed by atoms with van der Waals surface area (Å²) in [6.07, 6.45) is 1.61. The van der Waals surface area contributed by atoms with Crippen molar-refractivity contribution in [1.82, 2.24) is 14.6 Å². The number of rotatable bonds is 4. The van der Waals surface area contributed by atoms with Crippen LogP contribution in [0.5, 0.6) is 0 Å². The smallest absolute Gasteiger partial charge is 0.212 e. The van der Waals surface area contributed by atoms with Gasteiger partial charge in [0, 0.05) is 0 Å². The van der Waals surface area contributed by atoms with Gasteiger partial charge in [-0.2, -0.15) is 9.78 Å². The minimum absolute atomic E-state index is 0.0380. The zero-order valence-electron chi connectivity index (χ0n) is 17.2. The van der Waals surface area contributed by atoms with E-state index >= 15 is 0 Å². The normalized spacial score (nSPS) is 12.2. The van der Waals surface area contributed by atoms with Crippen LogP contribution >= 0.6 is 0 Å². The van der Waals surface area contributed by atoms with Gasteiger partial charge in [0.1, 0.15) is 16.2 Å². The third-order valence-electron chi connectivity index (χ3n) is 5.12. The molecule has 2 aromatic heterocycles. The fourth-order valence-electron chi connectivity index (χ4n) is 3.57. The monoisotopic (exact) mass is 441 g/mol. The van der Waals surface area contributed by atoms with E-state index < -0.39 is 9.84 Å². The van der Waals surface area contributed by atoms with Crippen LogP contribution in [-0.2, 0) is 9.84 Å². The number of anilines is 1. The first-order chi connectivity index (χ1) is 15.4. The lowest BCUT2D eigenvalue weighted by molar-refractivity contribution is 0.597. The molecule has 0 saturated heterocycles. The van der Waals surface area contributed by atoms with E-state index in [1.54, 1.807) is 30.5 Å². The van der Waals surface area contributed by atoms with E-state index in [2.05, 4.69) is 15.1 Å². The van der Waals surface area contributed by atoms with Crippen LogP contribution in [0.4, 0.5) is 5.82 Å². The van der Waals surface area contributed by atoms with Crippen LogP contribution in [-0.4, -0.2) is 29.3 Å². The molecule has 0 aliphatic rings. The Balaban J connectivity index is 1.82. The Bertz CT molecular complexity index is 1610. The standard InChI is InChI=1S/C24H19N5O2S/c1-16-8-7-11-18(14-16)32(30,31)22-21-24(28-20-13-6-5-12-19(20)27-21)29(23(22)25)26-15-17-9-3-2-4-10-17/h2-15H,25H2,1H3/b26-15-. The van der Waals surface area contributed by atoms with Gasteiger partial charge in [0.2, 0.25) is 9.84 Å². The Labute approximate surface area is 184 Å². The highest BCUT2D eigenvalue weighted by atomic mass is 32.2. The van der Waals surface area contributed by atoms with Crippen molar-refractivity contribution in [1.29, 1.82) is 0 Å². The zero-order valence-corrected chi connectivity index (χ0v) is 18.0. The highest BCUT2D eigenvalue weighted by Gasteiger charge is 2.30. The number of aromatic nitrogens is 3. The summed E-state index contributed by atoms with van der Waals surface area (Å²) in [5.74, 6) is -0.0380. The summed E-state index contributed by atoms with van der Waals surface area (Å²) >= 11 is 0. The molecule has 3 aromatic carbocycles. The molecule has 7 nitrogen and oxygen atoms in total. The maximum absolute atomic E-state index is 13.6. The average Bonchev–Trinajstić information content (AvgIpc) is 3.07. The summed E-state index contributed by atoms with van der Waals surface area (Å²) in [6, 6.07) is 23.4. The second-order valence-electron chi connectivity index (χ2n) is 7.39. The van der Waals surface area contributed by atoms with Crippen LogP contribution in [0.25, 0.3) is 22.2 Å². The molecule has 0 bridgehead atoms. The van der Waals surface area contributed by atoms with E-state index in [4.69, 9.17) is 5.73 Å². The Morgan fingerprint density at radius 2 is 1.59 bits per heavy atom. The van der Waals surface area contributed by atoms with Gasteiger partial charge in [-0.25, -0.2) is 18.4 Å². The van der Waals surface area contributed by atoms with Crippen molar-refractivity contribution in [2.24, 2.45) is 5.10 Å². The SMILES string of the molecule is Cc1cccc(S(=O)(=O)c2c(N)n(/N=C\c3ccccc3)c3nc4ccccc4nc23)c1. The number of aryl methyl sites for hydroxylation is 1. The van der Waals surface area contributed by atoms with Gasteiger partial charge in [-0.05, 0) is 42.3 Å². The molecule has 158 valence electrons. The molecule has 2 heterocycles. The van der Waals surface area contributed by atoms with Gasteiger partial charge in [0.25, 0.3) is 0 Å². The minimum Gasteiger partial charge on any atom is -0.382 e. The second kappa shape index (κ2) is 7.58. The Morgan fingerprint density at radius 1 is 0.906 bits per heavy atom. The van der Waals surface area contributed by atoms with Crippen LogP contribution in [0.2, 0.25) is 0 Å². The lowest BCUT2D eigenvalue weighted by atomic mass is 10.2. The number of nitrogens with zero attached hydrogens (tertiary/aromatic N) is 4. The quantitative estimate of drug-likeness (QED) is 0.421. The van der Waals surface area contributed by atoms with E-state index in [0.717, 1.165) is 11.1 Å². The van der Waals surface area contributed by atoms with Crippen molar-refractivity contribution in [2.75, 3.05) is 5.73 Å². The van der Waals surface area contributed by atoms with E-state index in [1.165, 1.54) is 4.68 Å². The third-order valence-corrected chi connectivity index (χ3v) is 6.93. The highest BCUT2D eigenvalue weighted by molar-refractivity contribution is 7.92. The highest BCUT2D eigenvalue weighted by Crippen LogP contribution is 2.35. The first-order valence-electron chi connectivity index (χ1n) is 9.93. The van der Waals surface area contributed by atoms with Gasteiger partial charge in [0.05, 0.1) is 22.1 Å². The molecule has 2 N–H and O–H groups in total. The van der Waals surface area contributed by atoms with Crippen LogP contribution in [0.3, 0.4) is 0 Å². The second-order valence-corrected chi connectivity index (χ2v) is 9.27. The topological polar surface area (TPSA) is 103 Å². The van der Waals surface area contributed by atoms with Crippen molar-refractivity contribution in [3.63, 3.8) is 0 Å². The molecule has 5 rings (SSSR count). The van der Waals surface area contributed by atoms with Crippen molar-refractivity contribution < 1.29 is 8.42 Å². The lowest BCUT2D eigenvalue weighted by Crippen LogP contribution is -2.07. The van der Waals surface area contributed by atoms with E-state index in [-0.39, 0.29) is 26.8 Å². The predicted molar refractivity (Wildman–Crippen MR) is 126 cm³/mol. The van der Waals surface area contributed by atoms with Gasteiger partial charge in [0.15, 0.2) is 5.65 Å². The molecule has 0 unspecified atom stereocenters. The van der Waals surface area contributed by atoms with E-state index in [0.29, 0.717) is 11.0 Å². The molecule has 0 aliphatic carbocycles. The van der Waals surface area contributed by atoms with Crippen LogP contribution in [0.15, 0.2) is 93.8 Å². The van der Waals surface area contributed by atoms with Crippen molar-refractivity contribution in [3.05, 3.63) is 90.0 Å². The molecular weight excluding hydrogens is 422 g/mol. The van der Waals surface area contributed by atoms with Crippen molar-refractivity contribution >= 4 is 44.1 Å². The molecule has 5 aromatic rings. The molecule has 0 amide bonds. The lowest BCUT2D eigenvalue weighted by Gasteiger charge is -2.05. The number of para-hydroxylation sites is 2. The molecule has 32 heavy (non-hydrogen) atoms. The fraction of sp³-hybridized carbons (Fsp3) is 0.0417. The Morgan fingerprint density at radius 3 is 2.31 bits per heavy atom. The van der Waals surface area contributed by atoms with Crippen LogP contribution in [0.1, 0.15) is 11.1 Å². The van der Waals surface area contributed by atoms with Gasteiger partial charge in [-0.3, -0.25) is 0 Å². The molecule has 0 saturated carbocycles. The first-order valence-corrected chi connectivity index (χ1v) is 11.4. The summed E-state index contributed by atoms with van der Waals surface area (Å²) < 4.78 is 28.6. The largest absolute Gasteiger partial charge is 0.382 e. The van der Waals surface area contributed by atoms with Crippen LogP contribution < -0.4 is 5.73 Å². The third kappa shape index (κ3) is 3.30. The molecule has 0 radical (unpaired) electrons. The summed E-state index contributed by atoms with van der Waals surface area (Å²) in [6.45, 7) is 1.84. The minimum atomic E-state index is -3.97. The number of fused-ring (bicyclic) bond motifs is 2. The van der Waals surface area contributed by atoms with Crippen molar-refractivity contribution in [2.45, 2.75) is 16.7 Å². The maximum Gasteiger partial charge on any atom is 0.212 e. The Hall–Kier alpha value is -4.04. The zero-order chi connectivity index (χ0) is 22.3. The van der Waals surface area contributed by atoms with E-state index in [1.807, 2.05) is 61.5 Å². The molecular formula is C24H19N5O2S. The fourth-order valence-corrected chi connectivity index (χ4v) is 5.16. The number of nitrogens with two attached hydrogens (primary N) is 1. The molecule has 8 heteroatoms. The molecule has 0 fully saturated rings. The van der Waals surface area contributed by atoms with Crippen LogP contribution in [0, 0.1) is 6.92 Å². The van der Waals surface area contributed by atoms with E-state index in [9.17, 15) is 8.42 Å². The number of hydrogen-bond acceptors (Lipinski definition) is 6. The summed E-state index contributed by atoms with van der Waals surface area (Å²) in [4.78, 5) is 9.30. The summed E-state index contributed by atoms with van der Waals surface area (Å²) in [5, 5.41) is 4.46. The summed E-state index contributed by atoms with van der Waals surface area (Å²) in [7, 11) is -3.97. The average molecular weight is 442 g/mol. The summed E-state index contributed by atoms with van der Waals surface area (Å²) in [5.41, 5.74) is 9.72. The number of benzene rings is 3. The predicted octanol–water partition coefficient (Wildman–Crippen LogP) is 4.19. The number of sulfone groups is 1. The van der Waals surface area contributed by atoms with Gasteiger partial charge in [-0.1, -0.05) is 54.6 Å². The number of hydrogen-bond donors (Lipinski definition) is 1. The molecule has 0 atom stereocenters. The molecule has 0 spiro atoms. The van der Waals surface area contributed by atoms with Gasteiger partial charge in [-0.15, -0.1) is 0 Å². The molecule has 0 aliphatic heterocycles. The first kappa shape index (κ1) is 19.9.